The molecule has 0 amide bonds. The molecule has 2 aromatic heterocycles. The maximum Gasteiger partial charge on any atom is 0.138 e. The Hall–Kier alpha value is -7.94. The number of allylic oxidation sites excluding steroid dienone is 4. The molecule has 0 fully saturated rings. The van der Waals surface area contributed by atoms with Crippen molar-refractivity contribution >= 4 is 49.3 Å². The third-order valence-electron chi connectivity index (χ3n) is 14.4. The van der Waals surface area contributed by atoms with Crippen molar-refractivity contribution in [2.75, 3.05) is 0 Å². The second-order valence-corrected chi connectivity index (χ2v) is 19.3. The van der Waals surface area contributed by atoms with Gasteiger partial charge in [-0.15, -0.1) is 0 Å². The number of rotatable bonds is 5. The molecule has 13 rings (SSSR count). The summed E-state index contributed by atoms with van der Waals surface area (Å²) in [5.41, 5.74) is 21.8. The molecule has 0 saturated carbocycles. The fraction of sp³-hybridized carbons (Fsp3) is 0.159. The predicted octanol–water partition coefficient (Wildman–Crippen LogP) is 19.6. The molecule has 0 spiro atoms. The van der Waals surface area contributed by atoms with Gasteiger partial charge in [-0.3, -0.25) is 0 Å². The van der Waals surface area contributed by atoms with Crippen LogP contribution in [0.15, 0.2) is 229 Å². The molecule has 2 aliphatic rings. The number of hydrogen-bond donors (Lipinski definition) is 0. The summed E-state index contributed by atoms with van der Waals surface area (Å²) in [6.07, 6.45) is 9.13. The van der Waals surface area contributed by atoms with Crippen LogP contribution in [0.3, 0.4) is 0 Å². The number of para-hydroxylation sites is 4. The number of hydrogen-bond acceptors (Lipinski definition) is 1. The van der Waals surface area contributed by atoms with Crippen molar-refractivity contribution in [3.05, 3.63) is 252 Å². The highest BCUT2D eigenvalue weighted by Crippen LogP contribution is 2.50. The standard InChI is InChI=1S/C31H25N.C23H22.C13H10O.C2H6/c1-22-11-13-23(14-12-22)24-15-17-25(18-16-24)26-19-20-31-29(21-26)28-9-5-6-10-30(28)32(31)27-7-3-2-4-8-27;1-4-16-10-12-19-20-13-11-18(17-8-6-5-7-9-17)15-22(20)23(2,3)21(19)14-16;1-9-5-4-7-11-10-6-2-3-8-12(10)14-13(9)11;1-2/h2-11,13-22H,12H2,1H3;5-15H,4H2,1-3H3;2-8H,1H3;1-2H3. The van der Waals surface area contributed by atoms with Gasteiger partial charge in [0.2, 0.25) is 0 Å². The molecule has 2 heteroatoms. The average Bonchev–Trinajstić information content (AvgIpc) is 4.06. The second kappa shape index (κ2) is 20.2. The Labute approximate surface area is 420 Å². The largest absolute Gasteiger partial charge is 0.456 e. The zero-order chi connectivity index (χ0) is 49.1. The van der Waals surface area contributed by atoms with E-state index in [1.165, 1.54) is 105 Å². The molecule has 0 bridgehead atoms. The molecule has 1 unspecified atom stereocenters. The van der Waals surface area contributed by atoms with Gasteiger partial charge in [0.05, 0.1) is 11.0 Å². The summed E-state index contributed by atoms with van der Waals surface area (Å²) >= 11 is 0. The summed E-state index contributed by atoms with van der Waals surface area (Å²) < 4.78 is 8.14. The smallest absolute Gasteiger partial charge is 0.138 e. The molecule has 0 N–H and O–H groups in total. The van der Waals surface area contributed by atoms with E-state index in [-0.39, 0.29) is 5.41 Å². The van der Waals surface area contributed by atoms with Gasteiger partial charge in [-0.2, -0.15) is 0 Å². The van der Waals surface area contributed by atoms with Gasteiger partial charge in [0.25, 0.3) is 0 Å². The number of benzene rings is 9. The number of aryl methyl sites for hydroxylation is 2. The lowest BCUT2D eigenvalue weighted by atomic mass is 9.81. The van der Waals surface area contributed by atoms with Gasteiger partial charge in [-0.05, 0) is 135 Å². The van der Waals surface area contributed by atoms with Crippen molar-refractivity contribution in [1.82, 2.24) is 4.57 Å². The lowest BCUT2D eigenvalue weighted by Gasteiger charge is -2.22. The SMILES string of the molecule is CC.CC1C=CC(c2ccc(-c3ccc4c(c3)c3ccccc3n4-c3ccccc3)cc2)=CC1.CCc1ccc2c(c1)C(C)(C)c1cc(-c3ccccc3)ccc1-2.Cc1cccc2c1oc1ccccc12. The van der Waals surface area contributed by atoms with Gasteiger partial charge in [-0.25, -0.2) is 0 Å². The molecule has 2 heterocycles. The summed E-state index contributed by atoms with van der Waals surface area (Å²) in [6, 6.07) is 74.1. The van der Waals surface area contributed by atoms with Crippen molar-refractivity contribution < 1.29 is 4.42 Å². The number of furan rings is 1. The number of fused-ring (bicyclic) bond motifs is 9. The molecule has 9 aromatic carbocycles. The maximum atomic E-state index is 5.78. The van der Waals surface area contributed by atoms with Crippen LogP contribution in [-0.2, 0) is 11.8 Å². The first-order valence-corrected chi connectivity index (χ1v) is 25.5. The van der Waals surface area contributed by atoms with E-state index in [1.54, 1.807) is 0 Å². The average molecular weight is 922 g/mol. The van der Waals surface area contributed by atoms with E-state index in [1.807, 2.05) is 32.0 Å². The van der Waals surface area contributed by atoms with Gasteiger partial charge in [0.1, 0.15) is 11.2 Å². The van der Waals surface area contributed by atoms with Crippen LogP contribution in [0.5, 0.6) is 0 Å². The van der Waals surface area contributed by atoms with Crippen molar-refractivity contribution in [3.63, 3.8) is 0 Å². The van der Waals surface area contributed by atoms with E-state index in [9.17, 15) is 0 Å². The van der Waals surface area contributed by atoms with Gasteiger partial charge in [0, 0.05) is 32.6 Å². The fourth-order valence-corrected chi connectivity index (χ4v) is 10.5. The van der Waals surface area contributed by atoms with Crippen molar-refractivity contribution in [2.45, 2.75) is 66.7 Å². The molecular formula is C69H63NO. The topological polar surface area (TPSA) is 18.1 Å². The van der Waals surface area contributed by atoms with E-state index in [0.29, 0.717) is 5.92 Å². The molecule has 0 aliphatic heterocycles. The van der Waals surface area contributed by atoms with Gasteiger partial charge >= 0.3 is 0 Å². The molecule has 2 aliphatic carbocycles. The Morgan fingerprint density at radius 2 is 1.10 bits per heavy atom. The third-order valence-corrected chi connectivity index (χ3v) is 14.4. The molecule has 350 valence electrons. The minimum absolute atomic E-state index is 0.0701. The quantitative estimate of drug-likeness (QED) is 0.168. The van der Waals surface area contributed by atoms with Crippen molar-refractivity contribution in [2.24, 2.45) is 5.92 Å². The summed E-state index contributed by atoms with van der Waals surface area (Å²) in [4.78, 5) is 0. The molecule has 11 aromatic rings. The van der Waals surface area contributed by atoms with Crippen LogP contribution in [0.25, 0.3) is 88.4 Å². The van der Waals surface area contributed by atoms with Crippen LogP contribution in [-0.4, -0.2) is 4.57 Å². The van der Waals surface area contributed by atoms with Gasteiger partial charge in [-0.1, -0.05) is 224 Å². The zero-order valence-corrected chi connectivity index (χ0v) is 42.2. The minimum atomic E-state index is 0.0701. The van der Waals surface area contributed by atoms with Crippen LogP contribution < -0.4 is 0 Å². The molecule has 2 nitrogen and oxygen atoms in total. The van der Waals surface area contributed by atoms with Gasteiger partial charge < -0.3 is 8.98 Å². The normalized spacial score (nSPS) is 14.1. The Morgan fingerprint density at radius 1 is 0.521 bits per heavy atom. The Morgan fingerprint density at radius 3 is 1.83 bits per heavy atom. The predicted molar refractivity (Wildman–Crippen MR) is 306 cm³/mol. The van der Waals surface area contributed by atoms with Crippen molar-refractivity contribution in [1.29, 1.82) is 0 Å². The zero-order valence-electron chi connectivity index (χ0n) is 42.2. The van der Waals surface area contributed by atoms with Crippen LogP contribution in [0, 0.1) is 12.8 Å². The second-order valence-electron chi connectivity index (χ2n) is 19.3. The van der Waals surface area contributed by atoms with E-state index < -0.39 is 0 Å². The summed E-state index contributed by atoms with van der Waals surface area (Å²) in [7, 11) is 0. The Balaban J connectivity index is 0.000000130. The van der Waals surface area contributed by atoms with E-state index in [4.69, 9.17) is 4.42 Å². The summed E-state index contributed by atoms with van der Waals surface area (Å²) in [6.45, 7) is 15.3. The number of nitrogens with zero attached hydrogens (tertiary/aromatic N) is 1. The first kappa shape index (κ1) is 46.8. The van der Waals surface area contributed by atoms with Crippen molar-refractivity contribution in [3.8, 4) is 39.1 Å². The van der Waals surface area contributed by atoms with E-state index in [2.05, 4.69) is 245 Å². The van der Waals surface area contributed by atoms with Crippen LogP contribution in [0.2, 0.25) is 0 Å². The van der Waals surface area contributed by atoms with Crippen LogP contribution >= 0.6 is 0 Å². The fourth-order valence-electron chi connectivity index (χ4n) is 10.5. The highest BCUT2D eigenvalue weighted by atomic mass is 16.3. The summed E-state index contributed by atoms with van der Waals surface area (Å²) in [5, 5.41) is 4.99. The van der Waals surface area contributed by atoms with Crippen LogP contribution in [0.1, 0.15) is 75.8 Å². The minimum Gasteiger partial charge on any atom is -0.456 e. The summed E-state index contributed by atoms with van der Waals surface area (Å²) in [5.74, 6) is 0.641. The highest BCUT2D eigenvalue weighted by Gasteiger charge is 2.35. The maximum absolute atomic E-state index is 5.78. The highest BCUT2D eigenvalue weighted by molar-refractivity contribution is 6.10. The monoisotopic (exact) mass is 921 g/mol. The van der Waals surface area contributed by atoms with E-state index >= 15 is 0 Å². The molecule has 1 atom stereocenters. The first-order valence-electron chi connectivity index (χ1n) is 25.5. The van der Waals surface area contributed by atoms with E-state index in [0.717, 1.165) is 24.0 Å². The molecule has 0 radical (unpaired) electrons. The Kier molecular flexibility index (Phi) is 13.3. The van der Waals surface area contributed by atoms with Gasteiger partial charge in [0.15, 0.2) is 0 Å². The number of aromatic nitrogens is 1. The lowest BCUT2D eigenvalue weighted by molar-refractivity contribution is 0.659. The molecular weight excluding hydrogens is 859 g/mol. The molecule has 71 heavy (non-hydrogen) atoms. The lowest BCUT2D eigenvalue weighted by Crippen LogP contribution is -2.15. The molecule has 0 saturated heterocycles. The Bertz CT molecular complexity index is 3710. The van der Waals surface area contributed by atoms with Crippen LogP contribution in [0.4, 0.5) is 0 Å². The third kappa shape index (κ3) is 9.08. The first-order chi connectivity index (χ1) is 34.7.